The molecule has 164 valence electrons. The molecule has 7 heteroatoms. The van der Waals surface area contributed by atoms with Gasteiger partial charge in [-0.05, 0) is 41.8 Å². The highest BCUT2D eigenvalue weighted by Gasteiger charge is 2.21. The minimum absolute atomic E-state index is 0.0279. The second-order valence-electron chi connectivity index (χ2n) is 8.03. The number of carbonyl (C=O) groups is 1. The van der Waals surface area contributed by atoms with Crippen molar-refractivity contribution in [2.45, 2.75) is 12.5 Å². The Bertz CT molecular complexity index is 1200. The molecule has 1 saturated heterocycles. The van der Waals surface area contributed by atoms with E-state index >= 15 is 0 Å². The van der Waals surface area contributed by atoms with Crippen LogP contribution in [-0.2, 0) is 11.2 Å². The minimum atomic E-state index is -0.227. The van der Waals surface area contributed by atoms with Crippen LogP contribution < -0.4 is 20.7 Å². The molecular formula is C25H27N5O2. The van der Waals surface area contributed by atoms with Gasteiger partial charge >= 0.3 is 0 Å². The molecule has 0 bridgehead atoms. The van der Waals surface area contributed by atoms with Gasteiger partial charge in [0.25, 0.3) is 0 Å². The number of aliphatic imine (C=N–C) groups is 1. The summed E-state index contributed by atoms with van der Waals surface area (Å²) in [6, 6.07) is 13.7. The van der Waals surface area contributed by atoms with Crippen molar-refractivity contribution in [1.82, 2.24) is 15.6 Å². The number of aromatic amines is 1. The first-order valence-corrected chi connectivity index (χ1v) is 11.0. The van der Waals surface area contributed by atoms with Crippen molar-refractivity contribution < 1.29 is 9.53 Å². The lowest BCUT2D eigenvalue weighted by molar-refractivity contribution is -0.118. The number of para-hydroxylation sites is 1. The molecule has 32 heavy (non-hydrogen) atoms. The van der Waals surface area contributed by atoms with Crippen LogP contribution >= 0.6 is 0 Å². The molecule has 0 saturated carbocycles. The van der Waals surface area contributed by atoms with E-state index in [9.17, 15) is 4.79 Å². The Morgan fingerprint density at radius 3 is 2.94 bits per heavy atom. The van der Waals surface area contributed by atoms with Gasteiger partial charge in [0.2, 0.25) is 5.91 Å². The molecular weight excluding hydrogens is 402 g/mol. The van der Waals surface area contributed by atoms with Crippen molar-refractivity contribution >= 4 is 34.3 Å². The molecule has 1 atom stereocenters. The first-order valence-electron chi connectivity index (χ1n) is 11.0. The Hall–Kier alpha value is -3.42. The molecule has 1 fully saturated rings. The molecule has 2 aromatic carbocycles. The van der Waals surface area contributed by atoms with Gasteiger partial charge < -0.3 is 25.7 Å². The molecule has 3 aromatic rings. The second kappa shape index (κ2) is 8.98. The van der Waals surface area contributed by atoms with Gasteiger partial charge in [-0.1, -0.05) is 24.3 Å². The topological polar surface area (TPSA) is 90.5 Å². The number of rotatable bonds is 5. The molecule has 1 amide bonds. The van der Waals surface area contributed by atoms with Crippen LogP contribution in [0.25, 0.3) is 17.0 Å². The zero-order valence-corrected chi connectivity index (χ0v) is 18.1. The number of benzene rings is 2. The van der Waals surface area contributed by atoms with Gasteiger partial charge in [0.15, 0.2) is 0 Å². The van der Waals surface area contributed by atoms with Gasteiger partial charge in [0.1, 0.15) is 5.75 Å². The van der Waals surface area contributed by atoms with Crippen LogP contribution in [0.2, 0.25) is 0 Å². The molecule has 0 spiro atoms. The van der Waals surface area contributed by atoms with E-state index in [4.69, 9.17) is 9.73 Å². The quantitative estimate of drug-likeness (QED) is 0.502. The van der Waals surface area contributed by atoms with E-state index in [1.165, 1.54) is 10.9 Å². The number of nitrogens with zero attached hydrogens (tertiary/aromatic N) is 1. The number of carbonyl (C=O) groups excluding carboxylic acids is 1. The van der Waals surface area contributed by atoms with Crippen LogP contribution in [0, 0.1) is 0 Å². The van der Waals surface area contributed by atoms with Crippen LogP contribution in [0.5, 0.6) is 5.75 Å². The maximum atomic E-state index is 12.7. The third kappa shape index (κ3) is 4.04. The van der Waals surface area contributed by atoms with Crippen molar-refractivity contribution in [3.8, 4) is 5.75 Å². The van der Waals surface area contributed by atoms with Crippen LogP contribution in [0.4, 0.5) is 5.69 Å². The van der Waals surface area contributed by atoms with E-state index in [-0.39, 0.29) is 11.9 Å². The number of ether oxygens (including phenoxy) is 1. The average molecular weight is 430 g/mol. The van der Waals surface area contributed by atoms with Crippen molar-refractivity contribution in [2.75, 3.05) is 38.6 Å². The summed E-state index contributed by atoms with van der Waals surface area (Å²) in [4.78, 5) is 20.9. The van der Waals surface area contributed by atoms with Crippen LogP contribution in [0.3, 0.4) is 0 Å². The summed E-state index contributed by atoms with van der Waals surface area (Å²) < 4.78 is 5.37. The molecule has 1 unspecified atom stereocenters. The van der Waals surface area contributed by atoms with E-state index < -0.39 is 0 Å². The number of methoxy groups -OCH3 is 1. The Morgan fingerprint density at radius 1 is 1.19 bits per heavy atom. The highest BCUT2D eigenvalue weighted by Crippen LogP contribution is 2.29. The normalized spacial score (nSPS) is 18.4. The fourth-order valence-corrected chi connectivity index (χ4v) is 4.33. The number of H-pyrrole nitrogens is 1. The third-order valence-electron chi connectivity index (χ3n) is 6.01. The van der Waals surface area contributed by atoms with E-state index in [0.29, 0.717) is 6.54 Å². The Morgan fingerprint density at radius 2 is 2.09 bits per heavy atom. The summed E-state index contributed by atoms with van der Waals surface area (Å²) in [5, 5.41) is 10.8. The standard InChI is InChI=1S/C25H27N5O2/c1-32-17-7-8-18-19-10-11-27-21(24(19)29-22(18)14-17)9-6-16-4-2-3-5-20(16)30-25(31)23-15-26-12-13-28-23/h2-9,14,23,26,28-29H,10-13,15H2,1H3,(H,30,31)/b9-6+. The number of piperazine rings is 1. The van der Waals surface area contributed by atoms with Crippen molar-refractivity contribution in [3.63, 3.8) is 0 Å². The molecule has 3 heterocycles. The third-order valence-corrected chi connectivity index (χ3v) is 6.01. The van der Waals surface area contributed by atoms with E-state index in [1.807, 2.05) is 48.6 Å². The van der Waals surface area contributed by atoms with E-state index in [1.54, 1.807) is 7.11 Å². The fraction of sp³-hybridized carbons (Fsp3) is 0.280. The largest absolute Gasteiger partial charge is 0.497 e. The Labute approximate surface area is 187 Å². The number of hydrogen-bond donors (Lipinski definition) is 4. The lowest BCUT2D eigenvalue weighted by Gasteiger charge is -2.23. The number of nitrogens with one attached hydrogen (secondary N) is 4. The predicted octanol–water partition coefficient (Wildman–Crippen LogP) is 2.74. The highest BCUT2D eigenvalue weighted by molar-refractivity contribution is 6.14. The van der Waals surface area contributed by atoms with Crippen LogP contribution in [0.1, 0.15) is 16.8 Å². The summed E-state index contributed by atoms with van der Waals surface area (Å²) in [7, 11) is 1.68. The van der Waals surface area contributed by atoms with E-state index in [2.05, 4.69) is 27.0 Å². The number of fused-ring (bicyclic) bond motifs is 3. The first-order chi connectivity index (χ1) is 15.7. The van der Waals surface area contributed by atoms with Gasteiger partial charge in [0.05, 0.1) is 24.6 Å². The molecule has 1 aromatic heterocycles. The molecule has 4 N–H and O–H groups in total. The SMILES string of the molecule is COc1ccc2c3c([nH]c2c1)C(/C=C/c1ccccc1NC(=O)C1CNCCN1)=NCC3. The van der Waals surface area contributed by atoms with Crippen LogP contribution in [-0.4, -0.2) is 55.9 Å². The second-order valence-corrected chi connectivity index (χ2v) is 8.03. The van der Waals surface area contributed by atoms with Gasteiger partial charge in [0, 0.05) is 48.8 Å². The maximum Gasteiger partial charge on any atom is 0.242 e. The molecule has 7 nitrogen and oxygen atoms in total. The monoisotopic (exact) mass is 429 g/mol. The lowest BCUT2D eigenvalue weighted by atomic mass is 10.0. The summed E-state index contributed by atoms with van der Waals surface area (Å²) in [6.45, 7) is 3.06. The summed E-state index contributed by atoms with van der Waals surface area (Å²) in [6.07, 6.45) is 4.95. The molecule has 5 rings (SSSR count). The average Bonchev–Trinajstić information content (AvgIpc) is 3.22. The van der Waals surface area contributed by atoms with Crippen molar-refractivity contribution in [3.05, 3.63) is 65.4 Å². The van der Waals surface area contributed by atoms with Crippen LogP contribution in [0.15, 0.2) is 53.5 Å². The summed E-state index contributed by atoms with van der Waals surface area (Å²) in [5.74, 6) is 0.803. The predicted molar refractivity (Wildman–Crippen MR) is 129 cm³/mol. The lowest BCUT2D eigenvalue weighted by Crippen LogP contribution is -2.54. The molecule has 0 aliphatic carbocycles. The zero-order chi connectivity index (χ0) is 21.9. The van der Waals surface area contributed by atoms with Crippen molar-refractivity contribution in [1.29, 1.82) is 0 Å². The van der Waals surface area contributed by atoms with E-state index in [0.717, 1.165) is 60.0 Å². The Balaban J connectivity index is 1.39. The van der Waals surface area contributed by atoms with Gasteiger partial charge in [-0.2, -0.15) is 0 Å². The highest BCUT2D eigenvalue weighted by atomic mass is 16.5. The van der Waals surface area contributed by atoms with Gasteiger partial charge in [-0.25, -0.2) is 0 Å². The zero-order valence-electron chi connectivity index (χ0n) is 18.1. The van der Waals surface area contributed by atoms with Gasteiger partial charge in [-0.15, -0.1) is 0 Å². The number of amides is 1. The summed E-state index contributed by atoms with van der Waals surface area (Å²) in [5.41, 5.74) is 6.04. The number of hydrogen-bond acceptors (Lipinski definition) is 5. The number of anilines is 1. The first kappa shape index (κ1) is 20.5. The van der Waals surface area contributed by atoms with Crippen molar-refractivity contribution in [2.24, 2.45) is 4.99 Å². The fourth-order valence-electron chi connectivity index (χ4n) is 4.33. The minimum Gasteiger partial charge on any atom is -0.497 e. The number of allylic oxidation sites excluding steroid dienone is 1. The van der Waals surface area contributed by atoms with Gasteiger partial charge in [-0.3, -0.25) is 9.79 Å². The molecule has 0 radical (unpaired) electrons. The maximum absolute atomic E-state index is 12.7. The summed E-state index contributed by atoms with van der Waals surface area (Å²) >= 11 is 0. The smallest absolute Gasteiger partial charge is 0.242 e. The molecule has 2 aliphatic rings. The number of aromatic nitrogens is 1. The molecule has 2 aliphatic heterocycles. The Kier molecular flexibility index (Phi) is 5.75.